The van der Waals surface area contributed by atoms with Crippen LogP contribution in [-0.2, 0) is 11.0 Å². The zero-order valence-electron chi connectivity index (χ0n) is 18.1. The van der Waals surface area contributed by atoms with Crippen molar-refractivity contribution in [2.45, 2.75) is 63.8 Å². The summed E-state index contributed by atoms with van der Waals surface area (Å²) in [5.41, 5.74) is -0.348. The summed E-state index contributed by atoms with van der Waals surface area (Å²) in [4.78, 5) is 28.8. The van der Waals surface area contributed by atoms with Crippen LogP contribution >= 0.6 is 0 Å². The Labute approximate surface area is 183 Å². The third-order valence-electron chi connectivity index (χ3n) is 6.41. The number of carbonyl (C=O) groups is 2. The number of nitrogens with zero attached hydrogens (tertiary/aromatic N) is 4. The van der Waals surface area contributed by atoms with Crippen molar-refractivity contribution < 1.29 is 27.9 Å². The molecule has 4 rings (SSSR count). The van der Waals surface area contributed by atoms with Crippen LogP contribution in [0.5, 0.6) is 0 Å². The molecule has 0 bridgehead atoms. The number of amides is 2. The van der Waals surface area contributed by atoms with E-state index in [0.717, 1.165) is 23.4 Å². The molecular formula is C22H27F3N4O3. The topological polar surface area (TPSA) is 78.2 Å². The summed E-state index contributed by atoms with van der Waals surface area (Å²) in [6.07, 6.45) is -2.18. The molecule has 10 heteroatoms. The van der Waals surface area contributed by atoms with Crippen molar-refractivity contribution in [3.05, 3.63) is 35.2 Å². The molecule has 0 spiro atoms. The molecule has 0 unspecified atom stereocenters. The van der Waals surface area contributed by atoms with Crippen LogP contribution in [0.3, 0.4) is 0 Å². The van der Waals surface area contributed by atoms with E-state index in [0.29, 0.717) is 31.5 Å². The number of aromatic nitrogens is 2. The van der Waals surface area contributed by atoms with Crippen LogP contribution in [0.15, 0.2) is 18.2 Å². The lowest BCUT2D eigenvalue weighted by molar-refractivity contribution is -0.142. The van der Waals surface area contributed by atoms with E-state index in [1.54, 1.807) is 24.8 Å². The number of alkyl halides is 3. The summed E-state index contributed by atoms with van der Waals surface area (Å²) in [6.45, 7) is 4.12. The minimum absolute atomic E-state index is 0.0575. The summed E-state index contributed by atoms with van der Waals surface area (Å²) in [5, 5.41) is 13.6. The van der Waals surface area contributed by atoms with Gasteiger partial charge in [-0.05, 0) is 55.4 Å². The molecule has 2 amide bonds. The van der Waals surface area contributed by atoms with Gasteiger partial charge in [0.15, 0.2) is 5.69 Å². The highest BCUT2D eigenvalue weighted by molar-refractivity contribution is 5.96. The molecule has 0 atom stereocenters. The van der Waals surface area contributed by atoms with Gasteiger partial charge >= 0.3 is 6.18 Å². The Morgan fingerprint density at radius 1 is 1.12 bits per heavy atom. The monoisotopic (exact) mass is 452 g/mol. The van der Waals surface area contributed by atoms with Gasteiger partial charge in [-0.2, -0.15) is 18.3 Å². The Hall–Kier alpha value is -2.62. The van der Waals surface area contributed by atoms with Crippen molar-refractivity contribution in [2.75, 3.05) is 19.6 Å². The molecule has 2 aromatic heterocycles. The van der Waals surface area contributed by atoms with Gasteiger partial charge in [0, 0.05) is 19.1 Å². The highest BCUT2D eigenvalue weighted by Crippen LogP contribution is 2.33. The normalized spacial score (nSPS) is 22.8. The third kappa shape index (κ3) is 4.32. The van der Waals surface area contributed by atoms with Crippen LogP contribution in [0.2, 0.25) is 0 Å². The predicted octanol–water partition coefficient (Wildman–Crippen LogP) is 3.06. The van der Waals surface area contributed by atoms with E-state index >= 15 is 0 Å². The Balaban J connectivity index is 1.55. The van der Waals surface area contributed by atoms with E-state index in [4.69, 9.17) is 0 Å². The number of aliphatic hydroxyl groups excluding tert-OH is 1. The number of aliphatic hydroxyl groups is 1. The molecule has 1 saturated carbocycles. The van der Waals surface area contributed by atoms with E-state index in [2.05, 4.69) is 5.10 Å². The van der Waals surface area contributed by atoms with Crippen LogP contribution in [-0.4, -0.2) is 68.1 Å². The zero-order valence-corrected chi connectivity index (χ0v) is 18.1. The first kappa shape index (κ1) is 22.6. The van der Waals surface area contributed by atoms with Crippen molar-refractivity contribution in [3.8, 4) is 0 Å². The summed E-state index contributed by atoms with van der Waals surface area (Å²) < 4.78 is 41.6. The number of hydrogen-bond acceptors (Lipinski definition) is 4. The van der Waals surface area contributed by atoms with Crippen LogP contribution < -0.4 is 0 Å². The van der Waals surface area contributed by atoms with Gasteiger partial charge < -0.3 is 14.9 Å². The Bertz CT molecular complexity index is 1030. The number of piperazine rings is 1. The molecule has 1 aliphatic heterocycles. The number of halogens is 3. The first-order valence-electron chi connectivity index (χ1n) is 10.9. The summed E-state index contributed by atoms with van der Waals surface area (Å²) in [7, 11) is 0. The summed E-state index contributed by atoms with van der Waals surface area (Å²) >= 11 is 0. The van der Waals surface area contributed by atoms with Crippen molar-refractivity contribution in [3.63, 3.8) is 0 Å². The molecule has 1 aliphatic carbocycles. The predicted molar refractivity (Wildman–Crippen MR) is 110 cm³/mol. The molecule has 3 heterocycles. The quantitative estimate of drug-likeness (QED) is 0.777. The first-order valence-corrected chi connectivity index (χ1v) is 10.9. The number of rotatable bonds is 3. The smallest absolute Gasteiger partial charge is 0.393 e. The van der Waals surface area contributed by atoms with Crippen molar-refractivity contribution in [1.82, 2.24) is 19.4 Å². The maximum Gasteiger partial charge on any atom is 0.433 e. The van der Waals surface area contributed by atoms with Crippen molar-refractivity contribution in [2.24, 2.45) is 0 Å². The van der Waals surface area contributed by atoms with Crippen molar-refractivity contribution >= 4 is 17.3 Å². The Morgan fingerprint density at radius 2 is 1.81 bits per heavy atom. The molecule has 0 aromatic carbocycles. The van der Waals surface area contributed by atoms with Crippen molar-refractivity contribution in [1.29, 1.82) is 0 Å². The van der Waals surface area contributed by atoms with Crippen LogP contribution in [0, 0.1) is 0 Å². The molecule has 7 nitrogen and oxygen atoms in total. The van der Waals surface area contributed by atoms with Gasteiger partial charge in [0.2, 0.25) is 5.91 Å². The fourth-order valence-corrected chi connectivity index (χ4v) is 4.54. The third-order valence-corrected chi connectivity index (χ3v) is 6.41. The average Bonchev–Trinajstić information content (AvgIpc) is 3.16. The van der Waals surface area contributed by atoms with E-state index in [1.807, 2.05) is 0 Å². The maximum atomic E-state index is 13.6. The van der Waals surface area contributed by atoms with Gasteiger partial charge in [-0.25, -0.2) is 4.52 Å². The SMILES string of the molecule is CC(C)c1cc(C(F)(F)F)n2nc(C(=O)N3CCN([C@H]4CC[C@H](O)CC4)C(=O)C3)cc2c1. The maximum absolute atomic E-state index is 13.6. The number of hydrogen-bond donors (Lipinski definition) is 1. The number of pyridine rings is 1. The number of carbonyl (C=O) groups excluding carboxylic acids is 2. The highest BCUT2D eigenvalue weighted by atomic mass is 19.4. The first-order chi connectivity index (χ1) is 15.0. The zero-order chi connectivity index (χ0) is 23.2. The fourth-order valence-electron chi connectivity index (χ4n) is 4.54. The van der Waals surface area contributed by atoms with E-state index < -0.39 is 17.8 Å². The van der Waals surface area contributed by atoms with Gasteiger partial charge in [0.1, 0.15) is 12.2 Å². The average molecular weight is 452 g/mol. The molecule has 32 heavy (non-hydrogen) atoms. The van der Waals surface area contributed by atoms with E-state index in [1.165, 1.54) is 11.0 Å². The molecule has 1 saturated heterocycles. The fraction of sp³-hybridized carbons (Fsp3) is 0.591. The van der Waals surface area contributed by atoms with Gasteiger partial charge in [0.05, 0.1) is 11.6 Å². The van der Waals surface area contributed by atoms with Crippen LogP contribution in [0.25, 0.3) is 5.52 Å². The highest BCUT2D eigenvalue weighted by Gasteiger charge is 2.37. The molecule has 1 N–H and O–H groups in total. The molecule has 2 fully saturated rings. The van der Waals surface area contributed by atoms with Gasteiger partial charge in [-0.3, -0.25) is 9.59 Å². The molecule has 2 aromatic rings. The molecule has 2 aliphatic rings. The Kier molecular flexibility index (Phi) is 5.91. The molecular weight excluding hydrogens is 425 g/mol. The minimum Gasteiger partial charge on any atom is -0.393 e. The second kappa shape index (κ2) is 8.38. The lowest BCUT2D eigenvalue weighted by Gasteiger charge is -2.41. The van der Waals surface area contributed by atoms with Gasteiger partial charge in [0.25, 0.3) is 5.91 Å². The van der Waals surface area contributed by atoms with E-state index in [9.17, 15) is 27.9 Å². The minimum atomic E-state index is -4.62. The van der Waals surface area contributed by atoms with Gasteiger partial charge in [-0.15, -0.1) is 0 Å². The summed E-state index contributed by atoms with van der Waals surface area (Å²) in [5.74, 6) is -0.866. The van der Waals surface area contributed by atoms with Crippen LogP contribution in [0.1, 0.15) is 67.2 Å². The number of fused-ring (bicyclic) bond motifs is 1. The van der Waals surface area contributed by atoms with Crippen LogP contribution in [0.4, 0.5) is 13.2 Å². The lowest BCUT2D eigenvalue weighted by atomic mass is 9.91. The summed E-state index contributed by atoms with van der Waals surface area (Å²) in [6, 6.07) is 4.07. The second-order valence-electron chi connectivity index (χ2n) is 8.97. The largest absolute Gasteiger partial charge is 0.433 e. The lowest BCUT2D eigenvalue weighted by Crippen LogP contribution is -2.56. The standard InChI is InChI=1S/C22H27F3N4O3/c1-13(2)14-9-16-11-18(26-29(16)19(10-14)22(23,24)25)21(32)27-7-8-28(20(31)12-27)15-3-5-17(30)6-4-15/h9-11,13,15,17,30H,3-8,12H2,1-2H3/t15-,17-. The Morgan fingerprint density at radius 3 is 2.41 bits per heavy atom. The van der Waals surface area contributed by atoms with E-state index in [-0.39, 0.29) is 41.7 Å². The second-order valence-corrected chi connectivity index (χ2v) is 8.97. The van der Waals surface area contributed by atoms with Gasteiger partial charge in [-0.1, -0.05) is 13.8 Å². The molecule has 174 valence electrons. The molecule has 0 radical (unpaired) electrons.